The minimum atomic E-state index is 1.11. The molecule has 0 spiro atoms. The smallest absolute Gasteiger partial charge is 0.0555 e. The normalized spacial score (nSPS) is 11.3. The molecule has 0 saturated carbocycles. The van der Waals surface area contributed by atoms with Gasteiger partial charge in [-0.05, 0) is 86.1 Å². The molecule has 0 bridgehead atoms. The molecular formula is C52H35NS. The number of para-hydroxylation sites is 1. The quantitative estimate of drug-likeness (QED) is 0.160. The number of nitrogens with zero attached hydrogens (tertiary/aromatic N) is 1. The van der Waals surface area contributed by atoms with Crippen LogP contribution in [0.5, 0.6) is 0 Å². The van der Waals surface area contributed by atoms with Gasteiger partial charge in [0, 0.05) is 31.4 Å². The number of anilines is 3. The van der Waals surface area contributed by atoms with Crippen molar-refractivity contribution < 1.29 is 0 Å². The summed E-state index contributed by atoms with van der Waals surface area (Å²) in [6.07, 6.45) is 0. The second kappa shape index (κ2) is 13.7. The van der Waals surface area contributed by atoms with Crippen molar-refractivity contribution in [3.8, 4) is 44.5 Å². The van der Waals surface area contributed by atoms with Crippen LogP contribution < -0.4 is 4.90 Å². The number of rotatable bonds is 7. The molecule has 0 saturated heterocycles. The lowest BCUT2D eigenvalue weighted by Gasteiger charge is -2.29. The van der Waals surface area contributed by atoms with E-state index >= 15 is 0 Å². The molecular weight excluding hydrogens is 671 g/mol. The molecule has 0 unspecified atom stereocenters. The van der Waals surface area contributed by atoms with E-state index < -0.39 is 0 Å². The van der Waals surface area contributed by atoms with Gasteiger partial charge in [-0.3, -0.25) is 0 Å². The summed E-state index contributed by atoms with van der Waals surface area (Å²) in [6, 6.07) is 77.1. The average molecular weight is 706 g/mol. The van der Waals surface area contributed by atoms with E-state index in [4.69, 9.17) is 0 Å². The van der Waals surface area contributed by atoms with Crippen LogP contribution in [0.25, 0.3) is 75.5 Å². The lowest BCUT2D eigenvalue weighted by atomic mass is 9.89. The van der Waals surface area contributed by atoms with Crippen LogP contribution in [0.4, 0.5) is 17.1 Å². The topological polar surface area (TPSA) is 3.24 Å². The van der Waals surface area contributed by atoms with E-state index in [0.717, 1.165) is 11.4 Å². The van der Waals surface area contributed by atoms with Crippen LogP contribution in [-0.2, 0) is 0 Å². The fourth-order valence-electron chi connectivity index (χ4n) is 7.95. The Labute approximate surface area is 319 Å². The van der Waals surface area contributed by atoms with Crippen molar-refractivity contribution in [2.45, 2.75) is 0 Å². The molecule has 0 aliphatic rings. The van der Waals surface area contributed by atoms with E-state index in [1.54, 1.807) is 0 Å². The standard InChI is InChI=1S/C52H35NS/c1-3-14-36(15-4-1)37-26-28-39(29-27-37)43-19-9-11-22-47(43)53(48-23-13-25-50-52(48)46-21-10-12-24-49(46)54-50)42-33-30-40(31-34-42)45-35-32-38-16-7-8-20-44(38)51(45)41-17-5-2-6-18-41/h1-35H. The van der Waals surface area contributed by atoms with Crippen molar-refractivity contribution in [1.82, 2.24) is 0 Å². The van der Waals surface area contributed by atoms with Gasteiger partial charge in [-0.25, -0.2) is 0 Å². The maximum atomic E-state index is 2.46. The number of thiophene rings is 1. The number of hydrogen-bond donors (Lipinski definition) is 0. The molecule has 1 aromatic heterocycles. The van der Waals surface area contributed by atoms with E-state index in [1.807, 2.05) is 11.3 Å². The van der Waals surface area contributed by atoms with Gasteiger partial charge in [0.2, 0.25) is 0 Å². The molecule has 254 valence electrons. The van der Waals surface area contributed by atoms with Gasteiger partial charge in [-0.1, -0.05) is 176 Å². The van der Waals surface area contributed by atoms with Gasteiger partial charge in [0.15, 0.2) is 0 Å². The summed E-state index contributed by atoms with van der Waals surface area (Å²) in [5.74, 6) is 0. The molecule has 2 heteroatoms. The molecule has 0 fully saturated rings. The Morgan fingerprint density at radius 3 is 1.67 bits per heavy atom. The molecule has 10 rings (SSSR count). The predicted molar refractivity (Wildman–Crippen MR) is 233 cm³/mol. The highest BCUT2D eigenvalue weighted by molar-refractivity contribution is 7.26. The van der Waals surface area contributed by atoms with Crippen molar-refractivity contribution in [2.24, 2.45) is 0 Å². The SMILES string of the molecule is c1ccc(-c2ccc(-c3ccccc3N(c3ccc(-c4ccc5ccccc5c4-c4ccccc4)cc3)c3cccc4sc5ccccc5c34)cc2)cc1. The third-order valence-electron chi connectivity index (χ3n) is 10.5. The van der Waals surface area contributed by atoms with Gasteiger partial charge in [-0.2, -0.15) is 0 Å². The fourth-order valence-corrected chi connectivity index (χ4v) is 9.08. The summed E-state index contributed by atoms with van der Waals surface area (Å²) in [6.45, 7) is 0. The van der Waals surface area contributed by atoms with Crippen molar-refractivity contribution in [2.75, 3.05) is 4.90 Å². The third-order valence-corrected chi connectivity index (χ3v) is 11.6. The van der Waals surface area contributed by atoms with Crippen LogP contribution in [0.15, 0.2) is 212 Å². The van der Waals surface area contributed by atoms with Crippen molar-refractivity contribution >= 4 is 59.3 Å². The first-order valence-corrected chi connectivity index (χ1v) is 19.2. The van der Waals surface area contributed by atoms with Gasteiger partial charge in [0.05, 0.1) is 11.4 Å². The zero-order valence-electron chi connectivity index (χ0n) is 29.6. The highest BCUT2D eigenvalue weighted by Crippen LogP contribution is 2.48. The van der Waals surface area contributed by atoms with Gasteiger partial charge in [-0.15, -0.1) is 11.3 Å². The van der Waals surface area contributed by atoms with Crippen molar-refractivity contribution in [1.29, 1.82) is 0 Å². The van der Waals surface area contributed by atoms with E-state index in [-0.39, 0.29) is 0 Å². The summed E-state index contributed by atoms with van der Waals surface area (Å²) >= 11 is 1.86. The number of hydrogen-bond acceptors (Lipinski definition) is 2. The Kier molecular flexibility index (Phi) is 8.09. The van der Waals surface area contributed by atoms with E-state index in [9.17, 15) is 0 Å². The Balaban J connectivity index is 1.16. The summed E-state index contributed by atoms with van der Waals surface area (Å²) < 4.78 is 2.58. The fraction of sp³-hybridized carbons (Fsp3) is 0. The number of fused-ring (bicyclic) bond motifs is 4. The molecule has 10 aromatic rings. The van der Waals surface area contributed by atoms with E-state index in [1.165, 1.54) is 81.1 Å². The highest BCUT2D eigenvalue weighted by atomic mass is 32.1. The van der Waals surface area contributed by atoms with Crippen LogP contribution >= 0.6 is 11.3 Å². The Morgan fingerprint density at radius 2 is 0.870 bits per heavy atom. The van der Waals surface area contributed by atoms with Gasteiger partial charge in [0.1, 0.15) is 0 Å². The molecule has 1 heterocycles. The third kappa shape index (κ3) is 5.65. The molecule has 1 nitrogen and oxygen atoms in total. The largest absolute Gasteiger partial charge is 0.309 e. The zero-order valence-corrected chi connectivity index (χ0v) is 30.4. The Morgan fingerprint density at radius 1 is 0.315 bits per heavy atom. The molecule has 0 amide bonds. The van der Waals surface area contributed by atoms with Crippen molar-refractivity contribution in [3.05, 3.63) is 212 Å². The maximum Gasteiger partial charge on any atom is 0.0555 e. The van der Waals surface area contributed by atoms with Crippen LogP contribution in [0, 0.1) is 0 Å². The Bertz CT molecular complexity index is 2910. The molecule has 0 atom stereocenters. The molecule has 0 N–H and O–H groups in total. The van der Waals surface area contributed by atoms with Crippen LogP contribution in [0.2, 0.25) is 0 Å². The first kappa shape index (κ1) is 32.0. The summed E-state index contributed by atoms with van der Waals surface area (Å²) in [7, 11) is 0. The van der Waals surface area contributed by atoms with Crippen molar-refractivity contribution in [3.63, 3.8) is 0 Å². The zero-order chi connectivity index (χ0) is 35.8. The van der Waals surface area contributed by atoms with Crippen LogP contribution in [0.3, 0.4) is 0 Å². The van der Waals surface area contributed by atoms with Gasteiger partial charge in [0.25, 0.3) is 0 Å². The van der Waals surface area contributed by atoms with Gasteiger partial charge < -0.3 is 4.90 Å². The second-order valence-corrected chi connectivity index (χ2v) is 14.8. The predicted octanol–water partition coefficient (Wildman–Crippen LogP) is 15.3. The minimum Gasteiger partial charge on any atom is -0.309 e. The monoisotopic (exact) mass is 705 g/mol. The molecule has 0 radical (unpaired) electrons. The molecule has 0 aliphatic carbocycles. The molecule has 9 aromatic carbocycles. The number of benzene rings is 9. The van der Waals surface area contributed by atoms with Gasteiger partial charge >= 0.3 is 0 Å². The lowest BCUT2D eigenvalue weighted by Crippen LogP contribution is -2.11. The minimum absolute atomic E-state index is 1.11. The lowest BCUT2D eigenvalue weighted by molar-refractivity contribution is 1.30. The first-order valence-electron chi connectivity index (χ1n) is 18.4. The average Bonchev–Trinajstić information content (AvgIpc) is 3.64. The van der Waals surface area contributed by atoms with Crippen LogP contribution in [0.1, 0.15) is 0 Å². The maximum absolute atomic E-state index is 2.46. The summed E-state index contributed by atoms with van der Waals surface area (Å²) in [5, 5.41) is 5.06. The van der Waals surface area contributed by atoms with Crippen LogP contribution in [-0.4, -0.2) is 0 Å². The summed E-state index contributed by atoms with van der Waals surface area (Å²) in [5.41, 5.74) is 13.1. The molecule has 0 aliphatic heterocycles. The molecule has 54 heavy (non-hydrogen) atoms. The summed E-state index contributed by atoms with van der Waals surface area (Å²) in [4.78, 5) is 2.46. The second-order valence-electron chi connectivity index (χ2n) is 13.7. The first-order chi connectivity index (χ1) is 26.8. The highest BCUT2D eigenvalue weighted by Gasteiger charge is 2.22. The van der Waals surface area contributed by atoms with E-state index in [2.05, 4.69) is 217 Å². The Hall–Kier alpha value is -6.74. The van der Waals surface area contributed by atoms with E-state index in [0.29, 0.717) is 0 Å².